The van der Waals surface area contributed by atoms with E-state index < -0.39 is 0 Å². The lowest BCUT2D eigenvalue weighted by Gasteiger charge is -2.12. The van der Waals surface area contributed by atoms with Crippen LogP contribution < -0.4 is 10.6 Å². The second kappa shape index (κ2) is 27.2. The number of allylic oxidation sites excluding steroid dienone is 2. The summed E-state index contributed by atoms with van der Waals surface area (Å²) in [4.78, 5) is 24.0. The summed E-state index contributed by atoms with van der Waals surface area (Å²) >= 11 is 0. The Balaban J connectivity index is 3.40. The van der Waals surface area contributed by atoms with Gasteiger partial charge >= 0.3 is 0 Å². The lowest BCUT2D eigenvalue weighted by Crippen LogP contribution is -2.30. The summed E-state index contributed by atoms with van der Waals surface area (Å²) in [7, 11) is 0. The van der Waals surface area contributed by atoms with Crippen LogP contribution in [0.15, 0.2) is 12.2 Å². The van der Waals surface area contributed by atoms with Crippen molar-refractivity contribution in [1.82, 2.24) is 10.6 Å². The SMILES string of the molecule is CCCCCCCC/C=C\CCCCCCCC(=O)NCCCCC(C)C(=O)NCCCOCC. The highest BCUT2D eigenvalue weighted by Gasteiger charge is 2.11. The standard InChI is InChI=1S/C30H58N2O3/c1-4-6-7-8-9-10-11-12-13-14-15-16-17-18-19-24-29(33)31-25-21-20-23-28(3)30(34)32-26-22-27-35-5-2/h12-13,28H,4-11,14-27H2,1-3H3,(H,31,33)(H,32,34)/b13-12-. The third-order valence-corrected chi connectivity index (χ3v) is 6.47. The van der Waals surface area contributed by atoms with Crippen LogP contribution in [0.25, 0.3) is 0 Å². The van der Waals surface area contributed by atoms with Gasteiger partial charge < -0.3 is 15.4 Å². The van der Waals surface area contributed by atoms with Crippen LogP contribution in [0.4, 0.5) is 0 Å². The molecule has 206 valence electrons. The molecule has 2 amide bonds. The summed E-state index contributed by atoms with van der Waals surface area (Å²) < 4.78 is 5.27. The highest BCUT2D eigenvalue weighted by molar-refractivity contribution is 5.78. The average molecular weight is 495 g/mol. The maximum atomic E-state index is 12.0. The summed E-state index contributed by atoms with van der Waals surface area (Å²) in [5.41, 5.74) is 0. The Hall–Kier alpha value is -1.36. The average Bonchev–Trinajstić information content (AvgIpc) is 2.85. The fourth-order valence-corrected chi connectivity index (χ4v) is 4.08. The van der Waals surface area contributed by atoms with E-state index in [0.29, 0.717) is 26.1 Å². The smallest absolute Gasteiger partial charge is 0.222 e. The minimum atomic E-state index is 0.0219. The molecule has 35 heavy (non-hydrogen) atoms. The number of unbranched alkanes of at least 4 members (excludes halogenated alkanes) is 12. The van der Waals surface area contributed by atoms with Crippen molar-refractivity contribution in [3.05, 3.63) is 12.2 Å². The molecule has 1 unspecified atom stereocenters. The van der Waals surface area contributed by atoms with E-state index >= 15 is 0 Å². The summed E-state index contributed by atoms with van der Waals surface area (Å²) in [6.45, 7) is 9.03. The van der Waals surface area contributed by atoms with Crippen molar-refractivity contribution in [3.63, 3.8) is 0 Å². The Bertz CT molecular complexity index is 508. The predicted octanol–water partition coefficient (Wildman–Crippen LogP) is 7.49. The Labute approximate surface area is 217 Å². The molecule has 1 atom stereocenters. The first-order valence-corrected chi connectivity index (χ1v) is 14.9. The summed E-state index contributed by atoms with van der Waals surface area (Å²) in [6, 6.07) is 0. The number of hydrogen-bond acceptors (Lipinski definition) is 3. The van der Waals surface area contributed by atoms with Gasteiger partial charge in [-0.1, -0.05) is 83.8 Å². The molecule has 0 rings (SSSR count). The van der Waals surface area contributed by atoms with Crippen molar-refractivity contribution >= 4 is 11.8 Å². The first-order chi connectivity index (χ1) is 17.1. The molecule has 0 aromatic rings. The van der Waals surface area contributed by atoms with Gasteiger partial charge in [0.05, 0.1) is 0 Å². The van der Waals surface area contributed by atoms with Crippen molar-refractivity contribution < 1.29 is 14.3 Å². The number of carbonyl (C=O) groups is 2. The minimum Gasteiger partial charge on any atom is -0.382 e. The lowest BCUT2D eigenvalue weighted by molar-refractivity contribution is -0.125. The molecule has 0 spiro atoms. The fraction of sp³-hybridized carbons (Fsp3) is 0.867. The van der Waals surface area contributed by atoms with Gasteiger partial charge in [-0.05, 0) is 58.3 Å². The van der Waals surface area contributed by atoms with Gasteiger partial charge in [-0.25, -0.2) is 0 Å². The van der Waals surface area contributed by atoms with E-state index in [1.165, 1.54) is 70.6 Å². The van der Waals surface area contributed by atoms with Gasteiger partial charge in [-0.2, -0.15) is 0 Å². The Morgan fingerprint density at radius 1 is 0.714 bits per heavy atom. The van der Waals surface area contributed by atoms with Gasteiger partial charge in [0.25, 0.3) is 0 Å². The number of hydrogen-bond donors (Lipinski definition) is 2. The number of carbonyl (C=O) groups excluding carboxylic acids is 2. The zero-order valence-electron chi connectivity index (χ0n) is 23.5. The largest absolute Gasteiger partial charge is 0.382 e. The normalized spacial score (nSPS) is 12.2. The molecule has 0 aliphatic rings. The maximum Gasteiger partial charge on any atom is 0.222 e. The number of nitrogens with one attached hydrogen (secondary N) is 2. The fourth-order valence-electron chi connectivity index (χ4n) is 4.08. The lowest BCUT2D eigenvalue weighted by atomic mass is 10.0. The quantitative estimate of drug-likeness (QED) is 0.0967. The highest BCUT2D eigenvalue weighted by atomic mass is 16.5. The molecule has 2 N–H and O–H groups in total. The molecule has 0 aromatic carbocycles. The maximum absolute atomic E-state index is 12.0. The molecule has 0 fully saturated rings. The van der Waals surface area contributed by atoms with E-state index in [1.807, 2.05) is 13.8 Å². The third kappa shape index (κ3) is 25.5. The van der Waals surface area contributed by atoms with Gasteiger partial charge in [0.1, 0.15) is 0 Å². The van der Waals surface area contributed by atoms with E-state index in [1.54, 1.807) is 0 Å². The Morgan fingerprint density at radius 2 is 1.31 bits per heavy atom. The summed E-state index contributed by atoms with van der Waals surface area (Å²) in [6.07, 6.45) is 25.5. The van der Waals surface area contributed by atoms with E-state index in [9.17, 15) is 9.59 Å². The molecule has 0 radical (unpaired) electrons. The van der Waals surface area contributed by atoms with Crippen molar-refractivity contribution in [2.45, 2.75) is 136 Å². The van der Waals surface area contributed by atoms with Crippen LogP contribution in [0.3, 0.4) is 0 Å². The molecule has 0 aliphatic carbocycles. The minimum absolute atomic E-state index is 0.0219. The van der Waals surface area contributed by atoms with E-state index in [0.717, 1.165) is 45.1 Å². The van der Waals surface area contributed by atoms with E-state index in [-0.39, 0.29) is 17.7 Å². The Kier molecular flexibility index (Phi) is 26.2. The van der Waals surface area contributed by atoms with Crippen molar-refractivity contribution in [3.8, 4) is 0 Å². The number of amides is 2. The van der Waals surface area contributed by atoms with Crippen molar-refractivity contribution in [2.75, 3.05) is 26.3 Å². The zero-order chi connectivity index (χ0) is 25.8. The molecule has 0 aliphatic heterocycles. The molecular formula is C30H58N2O3. The summed E-state index contributed by atoms with van der Waals surface area (Å²) in [5, 5.41) is 6.00. The van der Waals surface area contributed by atoms with Crippen molar-refractivity contribution in [1.29, 1.82) is 0 Å². The third-order valence-electron chi connectivity index (χ3n) is 6.47. The zero-order valence-corrected chi connectivity index (χ0v) is 23.5. The van der Waals surface area contributed by atoms with Gasteiger partial charge in [0.2, 0.25) is 11.8 Å². The van der Waals surface area contributed by atoms with Crippen LogP contribution >= 0.6 is 0 Å². The Morgan fingerprint density at radius 3 is 1.97 bits per heavy atom. The number of rotatable bonds is 26. The number of ether oxygens (including phenoxy) is 1. The first-order valence-electron chi connectivity index (χ1n) is 14.9. The molecule has 0 heterocycles. The van der Waals surface area contributed by atoms with Crippen LogP contribution in [0, 0.1) is 5.92 Å². The molecule has 5 heteroatoms. The van der Waals surface area contributed by atoms with Gasteiger partial charge in [0.15, 0.2) is 0 Å². The van der Waals surface area contributed by atoms with Gasteiger partial charge in [-0.15, -0.1) is 0 Å². The monoisotopic (exact) mass is 494 g/mol. The summed E-state index contributed by atoms with van der Waals surface area (Å²) in [5.74, 6) is 0.311. The molecule has 0 aromatic heterocycles. The van der Waals surface area contributed by atoms with Crippen LogP contribution in [-0.2, 0) is 14.3 Å². The first kappa shape index (κ1) is 33.6. The molecule has 0 saturated heterocycles. The van der Waals surface area contributed by atoms with Crippen molar-refractivity contribution in [2.24, 2.45) is 5.92 Å². The molecule has 5 nitrogen and oxygen atoms in total. The molecule has 0 saturated carbocycles. The topological polar surface area (TPSA) is 67.4 Å². The van der Waals surface area contributed by atoms with Crippen LogP contribution in [0.2, 0.25) is 0 Å². The highest BCUT2D eigenvalue weighted by Crippen LogP contribution is 2.10. The second-order valence-electron chi connectivity index (χ2n) is 9.92. The van der Waals surface area contributed by atoms with E-state index in [2.05, 4.69) is 29.7 Å². The second-order valence-corrected chi connectivity index (χ2v) is 9.92. The molecular weight excluding hydrogens is 436 g/mol. The van der Waals surface area contributed by atoms with Crippen LogP contribution in [0.5, 0.6) is 0 Å². The van der Waals surface area contributed by atoms with Crippen LogP contribution in [0.1, 0.15) is 136 Å². The van der Waals surface area contributed by atoms with E-state index in [4.69, 9.17) is 4.74 Å². The van der Waals surface area contributed by atoms with Gasteiger partial charge in [0, 0.05) is 38.6 Å². The van der Waals surface area contributed by atoms with Gasteiger partial charge in [-0.3, -0.25) is 9.59 Å². The van der Waals surface area contributed by atoms with Crippen LogP contribution in [-0.4, -0.2) is 38.1 Å². The molecule has 0 bridgehead atoms. The predicted molar refractivity (Wildman–Crippen MR) is 150 cm³/mol.